The molecule has 12 heteroatoms. The number of para-hydroxylation sites is 1. The Morgan fingerprint density at radius 1 is 1.13 bits per heavy atom. The maximum Gasteiger partial charge on any atom is 0.335 e. The third-order valence-electron chi connectivity index (χ3n) is 9.65. The Balaban J connectivity index is 1.06. The lowest BCUT2D eigenvalue weighted by Gasteiger charge is -2.54. The van der Waals surface area contributed by atoms with Crippen LogP contribution in [0.2, 0.25) is 5.02 Å². The molecule has 4 atom stereocenters. The minimum Gasteiger partial charge on any atom is -0.494 e. The number of ether oxygens (including phenoxy) is 4. The number of aromatic nitrogens is 3. The molecule has 2 aromatic heterocycles. The van der Waals surface area contributed by atoms with E-state index >= 15 is 0 Å². The van der Waals surface area contributed by atoms with E-state index in [2.05, 4.69) is 25.4 Å². The maximum absolute atomic E-state index is 11.9. The molecule has 1 N–H and O–H groups in total. The number of fused-ring (bicyclic) bond motifs is 3. The predicted molar refractivity (Wildman–Crippen MR) is 166 cm³/mol. The van der Waals surface area contributed by atoms with Gasteiger partial charge in [0.05, 0.1) is 48.1 Å². The second kappa shape index (κ2) is 10.8. The summed E-state index contributed by atoms with van der Waals surface area (Å²) in [5.74, 6) is 0.750. The van der Waals surface area contributed by atoms with E-state index in [0.29, 0.717) is 52.9 Å². The zero-order valence-corrected chi connectivity index (χ0v) is 25.9. The number of carboxylic acid groups (broad SMARTS) is 1. The number of benzene rings is 2. The molecule has 11 nitrogen and oxygen atoms in total. The molecule has 0 spiro atoms. The molecule has 0 amide bonds. The van der Waals surface area contributed by atoms with Crippen LogP contribution in [-0.4, -0.2) is 75.5 Å². The van der Waals surface area contributed by atoms with Crippen molar-refractivity contribution in [1.82, 2.24) is 19.4 Å². The van der Waals surface area contributed by atoms with Gasteiger partial charge in [-0.05, 0) is 55.7 Å². The summed E-state index contributed by atoms with van der Waals surface area (Å²) in [6, 6.07) is 13.6. The Kier molecular flexibility index (Phi) is 6.81. The number of aromatic carboxylic acids is 1. The number of pyridine rings is 1. The van der Waals surface area contributed by atoms with Crippen molar-refractivity contribution < 1.29 is 28.8 Å². The average molecular weight is 632 g/mol. The molecule has 234 valence electrons. The smallest absolute Gasteiger partial charge is 0.335 e. The Hall–Kier alpha value is -4.06. The molecule has 3 aliphatic heterocycles. The highest BCUT2D eigenvalue weighted by Crippen LogP contribution is 2.51. The van der Waals surface area contributed by atoms with Crippen LogP contribution in [0.3, 0.4) is 0 Å². The molecule has 1 saturated carbocycles. The highest BCUT2D eigenvalue weighted by Gasteiger charge is 2.47. The van der Waals surface area contributed by atoms with Gasteiger partial charge in [0.2, 0.25) is 0 Å². The van der Waals surface area contributed by atoms with Crippen LogP contribution in [0.5, 0.6) is 17.2 Å². The molecule has 2 saturated heterocycles. The number of hydrogen-bond donors (Lipinski definition) is 1. The number of nitrogens with zero attached hydrogens (tertiary/aromatic N) is 5. The van der Waals surface area contributed by atoms with E-state index in [-0.39, 0.29) is 11.7 Å². The van der Waals surface area contributed by atoms with Crippen molar-refractivity contribution in [1.29, 1.82) is 0 Å². The van der Waals surface area contributed by atoms with Crippen LogP contribution in [0.25, 0.3) is 11.0 Å². The van der Waals surface area contributed by atoms with E-state index < -0.39 is 11.8 Å². The number of anilines is 1. The Bertz CT molecular complexity index is 1790. The van der Waals surface area contributed by atoms with E-state index in [0.717, 1.165) is 61.7 Å². The van der Waals surface area contributed by atoms with E-state index in [1.807, 2.05) is 25.1 Å². The third-order valence-corrected chi connectivity index (χ3v) is 9.87. The number of piperazine rings is 1. The van der Waals surface area contributed by atoms with Crippen LogP contribution in [-0.2, 0) is 23.6 Å². The first kappa shape index (κ1) is 28.4. The Morgan fingerprint density at radius 3 is 2.67 bits per heavy atom. The molecule has 2 aromatic carbocycles. The Labute approximate surface area is 265 Å². The number of imidazole rings is 1. The predicted octanol–water partition coefficient (Wildman–Crippen LogP) is 5.08. The number of hydrogen-bond acceptors (Lipinski definition) is 9. The third kappa shape index (κ3) is 4.76. The van der Waals surface area contributed by atoms with Gasteiger partial charge in [0.15, 0.2) is 11.5 Å². The monoisotopic (exact) mass is 631 g/mol. The van der Waals surface area contributed by atoms with E-state index in [1.165, 1.54) is 0 Å². The second-order valence-corrected chi connectivity index (χ2v) is 12.7. The molecule has 1 aliphatic carbocycles. The maximum atomic E-state index is 11.9. The number of rotatable bonds is 8. The van der Waals surface area contributed by atoms with Crippen molar-refractivity contribution in [3.8, 4) is 17.2 Å². The fourth-order valence-electron chi connectivity index (χ4n) is 7.06. The first-order valence-corrected chi connectivity index (χ1v) is 15.7. The molecule has 5 heterocycles. The van der Waals surface area contributed by atoms with Crippen molar-refractivity contribution >= 4 is 34.3 Å². The quantitative estimate of drug-likeness (QED) is 0.283. The van der Waals surface area contributed by atoms with Gasteiger partial charge in [-0.25, -0.2) is 9.78 Å². The first-order chi connectivity index (χ1) is 21.8. The van der Waals surface area contributed by atoms with Crippen LogP contribution in [0.15, 0.2) is 48.7 Å². The van der Waals surface area contributed by atoms with Crippen molar-refractivity contribution in [3.63, 3.8) is 0 Å². The minimum atomic E-state index is -1.05. The van der Waals surface area contributed by atoms with Crippen molar-refractivity contribution in [2.75, 3.05) is 31.7 Å². The molecular weight excluding hydrogens is 598 g/mol. The molecule has 8 rings (SSSR count). The van der Waals surface area contributed by atoms with Crippen LogP contribution >= 0.6 is 11.6 Å². The zero-order chi connectivity index (χ0) is 30.9. The van der Waals surface area contributed by atoms with E-state index in [9.17, 15) is 9.90 Å². The summed E-state index contributed by atoms with van der Waals surface area (Å²) in [4.78, 5) is 26.4. The van der Waals surface area contributed by atoms with Gasteiger partial charge in [-0.2, -0.15) is 0 Å². The topological polar surface area (TPSA) is 111 Å². The summed E-state index contributed by atoms with van der Waals surface area (Å²) in [6.45, 7) is 5.55. The summed E-state index contributed by atoms with van der Waals surface area (Å²) in [5.41, 5.74) is 3.30. The number of carboxylic acids is 1. The van der Waals surface area contributed by atoms with Crippen LogP contribution in [0.4, 0.5) is 5.69 Å². The average Bonchev–Trinajstić information content (AvgIpc) is 3.52. The zero-order valence-electron chi connectivity index (χ0n) is 25.1. The van der Waals surface area contributed by atoms with Crippen LogP contribution in [0, 0.1) is 0 Å². The molecular formula is C33H34ClN5O6. The van der Waals surface area contributed by atoms with E-state index in [4.69, 9.17) is 35.5 Å². The van der Waals surface area contributed by atoms with Gasteiger partial charge >= 0.3 is 5.97 Å². The minimum absolute atomic E-state index is 0.0880. The van der Waals surface area contributed by atoms with Gasteiger partial charge in [-0.1, -0.05) is 17.7 Å². The second-order valence-electron chi connectivity index (χ2n) is 12.3. The molecule has 4 aromatic rings. The van der Waals surface area contributed by atoms with Gasteiger partial charge in [-0.3, -0.25) is 9.88 Å². The molecule has 0 bridgehead atoms. The largest absolute Gasteiger partial charge is 0.494 e. The fourth-order valence-corrected chi connectivity index (χ4v) is 7.17. The number of halogens is 1. The highest BCUT2D eigenvalue weighted by molar-refractivity contribution is 6.30. The summed E-state index contributed by atoms with van der Waals surface area (Å²) in [5, 5.41) is 10.3. The van der Waals surface area contributed by atoms with Gasteiger partial charge in [0.1, 0.15) is 22.8 Å². The standard InChI is InChI=1S/C33H34ClN5O6/c1-33(28-9-6-20(34)16-35-28)44-26-5-3-4-24(31(26)45-33)38-12-11-37(22-7-8-23(22)38)18-29-36-30-25(39(29)17-21-10-13-43-21)14-19(32(40)41)15-27(30)42-2/h3-6,9,14-16,21-23H,7-8,10-13,17-18H2,1-2H3,(H,40,41)/t21-,22-,23+,33-/m0/s1. The normalized spacial score (nSPS) is 25.5. The number of carbonyl (C=O) groups is 1. The molecule has 0 unspecified atom stereocenters. The van der Waals surface area contributed by atoms with Gasteiger partial charge in [-0.15, -0.1) is 0 Å². The molecule has 4 aliphatic rings. The number of methoxy groups -OCH3 is 1. The van der Waals surface area contributed by atoms with Gasteiger partial charge in [0, 0.05) is 44.9 Å². The summed E-state index contributed by atoms with van der Waals surface area (Å²) < 4.78 is 26.4. The highest BCUT2D eigenvalue weighted by atomic mass is 35.5. The fraction of sp³-hybridized carbons (Fsp3) is 0.424. The van der Waals surface area contributed by atoms with E-state index in [1.54, 1.807) is 31.5 Å². The van der Waals surface area contributed by atoms with Crippen molar-refractivity contribution in [2.24, 2.45) is 0 Å². The summed E-state index contributed by atoms with van der Waals surface area (Å²) in [6.07, 6.45) is 4.82. The summed E-state index contributed by atoms with van der Waals surface area (Å²) in [7, 11) is 1.55. The molecule has 3 fully saturated rings. The SMILES string of the molecule is COc1cc(C(=O)O)cc2c1nc(CN1CCN(c3cccc4c3O[C@@](C)(c3ccc(Cl)cn3)O4)[C@@H]3CC[C@@H]31)n2C[C@@H]1CCO1. The van der Waals surface area contributed by atoms with Crippen LogP contribution < -0.4 is 19.1 Å². The summed E-state index contributed by atoms with van der Waals surface area (Å²) >= 11 is 6.08. The van der Waals surface area contributed by atoms with Gasteiger partial charge < -0.3 is 33.5 Å². The molecule has 0 radical (unpaired) electrons. The van der Waals surface area contributed by atoms with Gasteiger partial charge in [0.25, 0.3) is 5.79 Å². The lowest BCUT2D eigenvalue weighted by Crippen LogP contribution is -2.64. The first-order valence-electron chi connectivity index (χ1n) is 15.4. The van der Waals surface area contributed by atoms with Crippen molar-refractivity contribution in [3.05, 3.63) is 70.8 Å². The van der Waals surface area contributed by atoms with Crippen LogP contribution in [0.1, 0.15) is 48.1 Å². The Morgan fingerprint density at radius 2 is 1.98 bits per heavy atom. The molecule has 45 heavy (non-hydrogen) atoms. The lowest BCUT2D eigenvalue weighted by molar-refractivity contribution is -0.0717. The lowest BCUT2D eigenvalue weighted by atomic mass is 9.81. The van der Waals surface area contributed by atoms with Crippen molar-refractivity contribution in [2.45, 2.75) is 63.3 Å².